The number of H-pyrrole nitrogens is 1. The summed E-state index contributed by atoms with van der Waals surface area (Å²) in [5.74, 6) is -1.53. The summed E-state index contributed by atoms with van der Waals surface area (Å²) in [6.45, 7) is 1.86. The second-order valence-electron chi connectivity index (χ2n) is 5.76. The maximum atomic E-state index is 13.6. The minimum Gasteiger partial charge on any atom is -0.455 e. The first-order valence-corrected chi connectivity index (χ1v) is 8.15. The summed E-state index contributed by atoms with van der Waals surface area (Å²) >= 11 is 0. The van der Waals surface area contributed by atoms with Crippen molar-refractivity contribution in [3.8, 4) is 5.75 Å². The molecule has 2 aromatic heterocycles. The number of hydrogen-bond donors (Lipinski definition) is 1. The number of allylic oxidation sites excluding steroid dienone is 1. The van der Waals surface area contributed by atoms with Crippen molar-refractivity contribution in [2.24, 2.45) is 7.05 Å². The van der Waals surface area contributed by atoms with Gasteiger partial charge in [0.15, 0.2) is 17.4 Å². The van der Waals surface area contributed by atoms with Crippen LogP contribution < -0.4 is 10.3 Å². The lowest BCUT2D eigenvalue weighted by atomic mass is 10.2. The number of hydrogen-bond acceptors (Lipinski definition) is 3. The Hall–Kier alpha value is -3.48. The van der Waals surface area contributed by atoms with E-state index in [-0.39, 0.29) is 11.3 Å². The van der Waals surface area contributed by atoms with Crippen molar-refractivity contribution in [2.75, 3.05) is 0 Å². The van der Waals surface area contributed by atoms with Crippen molar-refractivity contribution < 1.29 is 13.5 Å². The number of benzene rings is 1. The number of pyridine rings is 1. The number of nitrogens with zero attached hydrogens (tertiary/aromatic N) is 2. The molecule has 0 bridgehead atoms. The quantitative estimate of drug-likeness (QED) is 0.692. The molecule has 0 saturated carbocycles. The molecule has 0 spiro atoms. The molecule has 0 atom stereocenters. The smallest absolute Gasteiger partial charge is 0.250 e. The van der Waals surface area contributed by atoms with Crippen LogP contribution in [0.1, 0.15) is 23.9 Å². The van der Waals surface area contributed by atoms with Crippen molar-refractivity contribution in [1.29, 1.82) is 0 Å². The first kappa shape index (κ1) is 18.3. The van der Waals surface area contributed by atoms with Gasteiger partial charge < -0.3 is 14.3 Å². The molecule has 7 heteroatoms. The third kappa shape index (κ3) is 4.20. The number of nitrogens with one attached hydrogen (secondary N) is 1. The monoisotopic (exact) mass is 369 g/mol. The number of aromatic nitrogens is 3. The Morgan fingerprint density at radius 2 is 2.04 bits per heavy atom. The van der Waals surface area contributed by atoms with Crippen molar-refractivity contribution in [3.05, 3.63) is 87.9 Å². The van der Waals surface area contributed by atoms with Crippen molar-refractivity contribution >= 4 is 17.9 Å². The van der Waals surface area contributed by atoms with Gasteiger partial charge in [-0.25, -0.2) is 13.8 Å². The van der Waals surface area contributed by atoms with Crippen LogP contribution in [0.25, 0.3) is 17.9 Å². The molecule has 1 aromatic carbocycles. The van der Waals surface area contributed by atoms with Gasteiger partial charge in [0, 0.05) is 25.4 Å². The molecular weight excluding hydrogens is 352 g/mol. The number of aryl methyl sites for hydroxylation is 1. The van der Waals surface area contributed by atoms with Crippen LogP contribution in [0.5, 0.6) is 5.75 Å². The topological polar surface area (TPSA) is 59.9 Å². The number of halogens is 2. The molecule has 0 aliphatic rings. The Morgan fingerprint density at radius 3 is 2.74 bits per heavy atom. The Labute approximate surface area is 154 Å². The highest BCUT2D eigenvalue weighted by molar-refractivity contribution is 5.80. The summed E-state index contributed by atoms with van der Waals surface area (Å²) in [4.78, 5) is 18.9. The molecule has 0 saturated heterocycles. The van der Waals surface area contributed by atoms with E-state index in [0.29, 0.717) is 22.7 Å². The normalized spacial score (nSPS) is 11.9. The minimum absolute atomic E-state index is 0.124. The lowest BCUT2D eigenvalue weighted by molar-refractivity contribution is 0.479. The summed E-state index contributed by atoms with van der Waals surface area (Å²) in [5, 5.41) is 0. The van der Waals surface area contributed by atoms with E-state index in [0.717, 1.165) is 12.1 Å². The fourth-order valence-corrected chi connectivity index (χ4v) is 2.46. The molecule has 0 aliphatic carbocycles. The van der Waals surface area contributed by atoms with E-state index < -0.39 is 11.6 Å². The van der Waals surface area contributed by atoms with Crippen molar-refractivity contribution in [1.82, 2.24) is 14.5 Å². The maximum Gasteiger partial charge on any atom is 0.250 e. The van der Waals surface area contributed by atoms with E-state index in [1.165, 1.54) is 23.0 Å². The predicted octanol–water partition coefficient (Wildman–Crippen LogP) is 4.00. The van der Waals surface area contributed by atoms with Gasteiger partial charge >= 0.3 is 0 Å². The molecule has 27 heavy (non-hydrogen) atoms. The van der Waals surface area contributed by atoms with Crippen LogP contribution in [0.2, 0.25) is 0 Å². The Bertz CT molecular complexity index is 1080. The molecule has 2 heterocycles. The molecule has 0 radical (unpaired) electrons. The van der Waals surface area contributed by atoms with Gasteiger partial charge in [-0.05, 0) is 42.8 Å². The lowest BCUT2D eigenvalue weighted by Crippen LogP contribution is -2.14. The van der Waals surface area contributed by atoms with E-state index in [9.17, 15) is 13.6 Å². The van der Waals surface area contributed by atoms with Gasteiger partial charge in [-0.2, -0.15) is 0 Å². The average molecular weight is 369 g/mol. The summed E-state index contributed by atoms with van der Waals surface area (Å²) in [7, 11) is 1.63. The Kier molecular flexibility index (Phi) is 5.30. The molecule has 3 rings (SSSR count). The lowest BCUT2D eigenvalue weighted by Gasteiger charge is -2.10. The molecule has 1 N–H and O–H groups in total. The van der Waals surface area contributed by atoms with Crippen LogP contribution in [0.15, 0.2) is 53.7 Å². The zero-order valence-corrected chi connectivity index (χ0v) is 14.7. The van der Waals surface area contributed by atoms with Crippen molar-refractivity contribution in [3.63, 3.8) is 0 Å². The van der Waals surface area contributed by atoms with Crippen LogP contribution in [0.3, 0.4) is 0 Å². The molecule has 5 nitrogen and oxygen atoms in total. The van der Waals surface area contributed by atoms with Crippen molar-refractivity contribution in [2.45, 2.75) is 6.92 Å². The van der Waals surface area contributed by atoms with E-state index in [4.69, 9.17) is 4.74 Å². The second kappa shape index (κ2) is 7.82. The highest BCUT2D eigenvalue weighted by atomic mass is 19.2. The summed E-state index contributed by atoms with van der Waals surface area (Å²) in [6.07, 6.45) is 8.46. The summed E-state index contributed by atoms with van der Waals surface area (Å²) in [5.41, 5.74) is 1.72. The molecule has 0 fully saturated rings. The standard InChI is InChI=1S/C20H17F2N3O2/c1-3-4-17-20(24-12-23-17)18(9-13-5-8-19(26)25(2)11-13)27-14-6-7-15(21)16(22)10-14/h3-12H,1-2H3,(H,23,24)/b4-3-,18-9-. The molecular formula is C20H17F2N3O2. The van der Waals surface area contributed by atoms with E-state index >= 15 is 0 Å². The molecule has 3 aromatic rings. The highest BCUT2D eigenvalue weighted by Crippen LogP contribution is 2.26. The molecule has 138 valence electrons. The van der Waals surface area contributed by atoms with Gasteiger partial charge in [-0.1, -0.05) is 6.08 Å². The molecule has 0 unspecified atom stereocenters. The van der Waals surface area contributed by atoms with Gasteiger partial charge in [0.1, 0.15) is 11.4 Å². The zero-order chi connectivity index (χ0) is 19.4. The van der Waals surface area contributed by atoms with Gasteiger partial charge in [-0.3, -0.25) is 4.79 Å². The SMILES string of the molecule is C/C=C\c1[nH]cnc1/C(=C/c1ccc(=O)n(C)c1)Oc1ccc(F)c(F)c1. The number of imidazole rings is 1. The largest absolute Gasteiger partial charge is 0.455 e. The Morgan fingerprint density at radius 1 is 1.22 bits per heavy atom. The minimum atomic E-state index is -1.01. The van der Waals surface area contributed by atoms with Crippen LogP contribution in [-0.4, -0.2) is 14.5 Å². The van der Waals surface area contributed by atoms with Crippen LogP contribution in [0.4, 0.5) is 8.78 Å². The average Bonchev–Trinajstić information content (AvgIpc) is 3.09. The third-order valence-corrected chi connectivity index (χ3v) is 3.76. The molecule has 0 aliphatic heterocycles. The summed E-state index contributed by atoms with van der Waals surface area (Å²) in [6, 6.07) is 6.35. The predicted molar refractivity (Wildman–Crippen MR) is 99.8 cm³/mol. The third-order valence-electron chi connectivity index (χ3n) is 3.76. The maximum absolute atomic E-state index is 13.6. The first-order valence-electron chi connectivity index (χ1n) is 8.15. The van der Waals surface area contributed by atoms with E-state index in [2.05, 4.69) is 9.97 Å². The van der Waals surface area contributed by atoms with E-state index in [1.54, 1.807) is 25.4 Å². The number of aromatic amines is 1. The van der Waals surface area contributed by atoms with Crippen LogP contribution in [-0.2, 0) is 7.05 Å². The van der Waals surface area contributed by atoms with E-state index in [1.807, 2.05) is 19.1 Å². The first-order chi connectivity index (χ1) is 13.0. The molecule has 0 amide bonds. The fourth-order valence-electron chi connectivity index (χ4n) is 2.46. The number of ether oxygens (including phenoxy) is 1. The van der Waals surface area contributed by atoms with Gasteiger partial charge in [-0.15, -0.1) is 0 Å². The van der Waals surface area contributed by atoms with Crippen LogP contribution >= 0.6 is 0 Å². The Balaban J connectivity index is 2.08. The van der Waals surface area contributed by atoms with Gasteiger partial charge in [0.05, 0.1) is 12.0 Å². The second-order valence-corrected chi connectivity index (χ2v) is 5.76. The fraction of sp³-hybridized carbons (Fsp3) is 0.100. The zero-order valence-electron chi connectivity index (χ0n) is 14.7. The van der Waals surface area contributed by atoms with Crippen LogP contribution in [0, 0.1) is 11.6 Å². The highest BCUT2D eigenvalue weighted by Gasteiger charge is 2.14. The number of rotatable bonds is 5. The van der Waals surface area contributed by atoms with Gasteiger partial charge in [0.2, 0.25) is 5.56 Å². The summed E-state index contributed by atoms with van der Waals surface area (Å²) < 4.78 is 34.0. The van der Waals surface area contributed by atoms with Gasteiger partial charge in [0.25, 0.3) is 0 Å².